The Labute approximate surface area is 238 Å². The van der Waals surface area contributed by atoms with Gasteiger partial charge < -0.3 is 20.7 Å². The molecule has 2 aromatic carbocycles. The Bertz CT molecular complexity index is 1260. The number of amides is 3. The average molecular weight is 566 g/mol. The van der Waals surface area contributed by atoms with Crippen LogP contribution in [0, 0.1) is 5.92 Å². The van der Waals surface area contributed by atoms with E-state index in [0.29, 0.717) is 32.1 Å². The minimum absolute atomic E-state index is 0.0210. The lowest BCUT2D eigenvalue weighted by Crippen LogP contribution is -2.47. The van der Waals surface area contributed by atoms with E-state index in [0.717, 1.165) is 0 Å². The predicted octanol–water partition coefficient (Wildman–Crippen LogP) is 3.48. The first kappa shape index (κ1) is 32.5. The van der Waals surface area contributed by atoms with Crippen molar-refractivity contribution in [3.63, 3.8) is 0 Å². The summed E-state index contributed by atoms with van der Waals surface area (Å²) in [5.74, 6) is -5.15. The van der Waals surface area contributed by atoms with E-state index in [1.165, 1.54) is 24.3 Å². The van der Waals surface area contributed by atoms with Gasteiger partial charge in [0.1, 0.15) is 5.92 Å². The zero-order valence-electron chi connectivity index (χ0n) is 23.1. The van der Waals surface area contributed by atoms with Crippen LogP contribution in [-0.2, 0) is 28.7 Å². The van der Waals surface area contributed by atoms with Crippen LogP contribution in [0.4, 0.5) is 11.4 Å². The van der Waals surface area contributed by atoms with E-state index >= 15 is 0 Å². The first-order valence-corrected chi connectivity index (χ1v) is 13.4. The Hall–Kier alpha value is -4.67. The van der Waals surface area contributed by atoms with E-state index in [2.05, 4.69) is 16.0 Å². The number of esters is 1. The minimum atomic E-state index is -1.63. The maximum Gasteiger partial charge on any atom is 0.317 e. The summed E-state index contributed by atoms with van der Waals surface area (Å²) < 4.78 is 5.29. The highest BCUT2D eigenvalue weighted by atomic mass is 16.5. The minimum Gasteiger partial charge on any atom is -0.465 e. The molecule has 11 heteroatoms. The van der Waals surface area contributed by atoms with Crippen molar-refractivity contribution in [2.75, 3.05) is 17.2 Å². The van der Waals surface area contributed by atoms with Crippen molar-refractivity contribution in [2.45, 2.75) is 58.4 Å². The van der Waals surface area contributed by atoms with Crippen LogP contribution in [0.1, 0.15) is 73.1 Å². The number of carbonyl (C=O) groups is 7. The molecule has 0 aliphatic rings. The summed E-state index contributed by atoms with van der Waals surface area (Å²) in [4.78, 5) is 88.1. The summed E-state index contributed by atoms with van der Waals surface area (Å²) in [6.45, 7) is 3.67. The fourth-order valence-electron chi connectivity index (χ4n) is 4.10. The topological polar surface area (TPSA) is 165 Å². The molecule has 2 unspecified atom stereocenters. The quantitative estimate of drug-likeness (QED) is 0.0766. The largest absolute Gasteiger partial charge is 0.465 e. The number of hydrogen-bond acceptors (Lipinski definition) is 8. The van der Waals surface area contributed by atoms with Crippen LogP contribution in [-0.4, -0.2) is 54.7 Å². The molecule has 0 heterocycles. The third kappa shape index (κ3) is 9.79. The van der Waals surface area contributed by atoms with Gasteiger partial charge in [-0.2, -0.15) is 0 Å². The van der Waals surface area contributed by atoms with Crippen LogP contribution in [0.2, 0.25) is 0 Å². The van der Waals surface area contributed by atoms with Crippen molar-refractivity contribution in [2.24, 2.45) is 5.92 Å². The van der Waals surface area contributed by atoms with Crippen molar-refractivity contribution < 1.29 is 38.3 Å². The third-order valence-electron chi connectivity index (χ3n) is 6.19. The monoisotopic (exact) mass is 565 g/mol. The molecule has 41 heavy (non-hydrogen) atoms. The zero-order valence-corrected chi connectivity index (χ0v) is 23.1. The molecule has 0 saturated heterocycles. The number of ketones is 3. The van der Waals surface area contributed by atoms with Crippen LogP contribution >= 0.6 is 0 Å². The number of carbonyl (C=O) groups excluding carboxylic acids is 7. The molecule has 0 aliphatic carbocycles. The molecule has 3 amide bonds. The Morgan fingerprint density at radius 3 is 1.83 bits per heavy atom. The number of Topliss-reactive ketones (excluding diaryl/α,β-unsaturated/α-hetero) is 3. The summed E-state index contributed by atoms with van der Waals surface area (Å²) in [7, 11) is 0. The highest BCUT2D eigenvalue weighted by molar-refractivity contribution is 6.12. The van der Waals surface area contributed by atoms with Crippen molar-refractivity contribution in [3.8, 4) is 0 Å². The molecule has 2 rings (SSSR count). The van der Waals surface area contributed by atoms with E-state index < -0.39 is 54.0 Å². The smallest absolute Gasteiger partial charge is 0.317 e. The molecule has 218 valence electrons. The Kier molecular flexibility index (Phi) is 13.6. The number of ether oxygens (including phenoxy) is 1. The number of para-hydroxylation sites is 2. The number of benzene rings is 2. The standard InChI is InChI=1S/C30H35N3O8/c1-3-5-15-41-30(40)22(16-26(36)20-11-6-8-13-23(20)31-18-34)29(39)25(33-28(38)10-4-2)17-27(37)21-12-7-9-14-24(21)32-19-35/h6-9,11-14,18-19,22,25H,3-5,10,15-17H2,1-2H3,(H,31,34)(H,32,35)(H,33,38). The lowest BCUT2D eigenvalue weighted by Gasteiger charge is -2.23. The number of hydrogen-bond donors (Lipinski definition) is 3. The number of unbranched alkanes of at least 4 members (excludes halogenated alkanes) is 1. The maximum atomic E-state index is 13.8. The van der Waals surface area contributed by atoms with Gasteiger partial charge in [0, 0.05) is 30.4 Å². The van der Waals surface area contributed by atoms with Gasteiger partial charge in [-0.25, -0.2) is 0 Å². The highest BCUT2D eigenvalue weighted by Gasteiger charge is 2.37. The molecule has 3 N–H and O–H groups in total. The lowest BCUT2D eigenvalue weighted by atomic mass is 9.87. The molecule has 0 bridgehead atoms. The summed E-state index contributed by atoms with van der Waals surface area (Å²) in [5.41, 5.74) is 0.591. The van der Waals surface area contributed by atoms with Crippen LogP contribution in [0.5, 0.6) is 0 Å². The average Bonchev–Trinajstić information content (AvgIpc) is 2.96. The molecule has 11 nitrogen and oxygen atoms in total. The van der Waals surface area contributed by atoms with Crippen molar-refractivity contribution in [1.29, 1.82) is 0 Å². The van der Waals surface area contributed by atoms with E-state index in [-0.39, 0.29) is 35.5 Å². The summed E-state index contributed by atoms with van der Waals surface area (Å²) in [6, 6.07) is 10.8. The molecular weight excluding hydrogens is 530 g/mol. The maximum absolute atomic E-state index is 13.8. The van der Waals surface area contributed by atoms with Gasteiger partial charge >= 0.3 is 5.97 Å². The predicted molar refractivity (Wildman–Crippen MR) is 151 cm³/mol. The molecular formula is C30H35N3O8. The van der Waals surface area contributed by atoms with Crippen molar-refractivity contribution >= 4 is 53.4 Å². The third-order valence-corrected chi connectivity index (χ3v) is 6.19. The fourth-order valence-corrected chi connectivity index (χ4v) is 4.10. The Morgan fingerprint density at radius 2 is 1.32 bits per heavy atom. The molecule has 2 aromatic rings. The molecule has 0 spiro atoms. The van der Waals surface area contributed by atoms with Crippen LogP contribution in [0.25, 0.3) is 0 Å². The van der Waals surface area contributed by atoms with Crippen molar-refractivity contribution in [3.05, 3.63) is 59.7 Å². The summed E-state index contributed by atoms with van der Waals surface area (Å²) >= 11 is 0. The molecule has 0 aromatic heterocycles. The van der Waals surface area contributed by atoms with Crippen molar-refractivity contribution in [1.82, 2.24) is 5.32 Å². The molecule has 0 fully saturated rings. The van der Waals surface area contributed by atoms with E-state index in [4.69, 9.17) is 4.74 Å². The first-order chi connectivity index (χ1) is 19.8. The second-order valence-corrected chi connectivity index (χ2v) is 9.22. The van der Waals surface area contributed by atoms with Gasteiger partial charge in [-0.05, 0) is 37.1 Å². The van der Waals surface area contributed by atoms with Crippen LogP contribution in [0.15, 0.2) is 48.5 Å². The van der Waals surface area contributed by atoms with Crippen LogP contribution in [0.3, 0.4) is 0 Å². The van der Waals surface area contributed by atoms with Gasteiger partial charge in [-0.1, -0.05) is 44.5 Å². The van der Waals surface area contributed by atoms with Crippen LogP contribution < -0.4 is 16.0 Å². The summed E-state index contributed by atoms with van der Waals surface area (Å²) in [6.07, 6.45) is 1.45. The van der Waals surface area contributed by atoms with Gasteiger partial charge in [0.05, 0.1) is 24.0 Å². The van der Waals surface area contributed by atoms with Gasteiger partial charge in [-0.3, -0.25) is 33.6 Å². The van der Waals surface area contributed by atoms with Gasteiger partial charge in [-0.15, -0.1) is 0 Å². The Balaban J connectivity index is 2.45. The second kappa shape index (κ2) is 17.1. The number of rotatable bonds is 19. The SMILES string of the molecule is CCCCOC(=O)C(CC(=O)c1ccccc1NC=O)C(=O)C(CC(=O)c1ccccc1NC=O)NC(=O)CCC. The molecule has 0 radical (unpaired) electrons. The number of nitrogens with one attached hydrogen (secondary N) is 3. The van der Waals surface area contributed by atoms with Gasteiger partial charge in [0.15, 0.2) is 17.3 Å². The van der Waals surface area contributed by atoms with Gasteiger partial charge in [0.2, 0.25) is 18.7 Å². The lowest BCUT2D eigenvalue weighted by molar-refractivity contribution is -0.153. The van der Waals surface area contributed by atoms with Gasteiger partial charge in [0.25, 0.3) is 0 Å². The second-order valence-electron chi connectivity index (χ2n) is 9.22. The fraction of sp³-hybridized carbons (Fsp3) is 0.367. The van der Waals surface area contributed by atoms with E-state index in [1.807, 2.05) is 6.92 Å². The first-order valence-electron chi connectivity index (χ1n) is 13.4. The normalized spacial score (nSPS) is 11.9. The van der Waals surface area contributed by atoms with E-state index in [9.17, 15) is 33.6 Å². The summed E-state index contributed by atoms with van der Waals surface area (Å²) in [5, 5.41) is 7.39. The molecule has 0 saturated carbocycles. The molecule has 0 aliphatic heterocycles. The zero-order chi connectivity index (χ0) is 30.2. The number of anilines is 2. The molecule has 2 atom stereocenters. The van der Waals surface area contributed by atoms with E-state index in [1.54, 1.807) is 31.2 Å². The highest BCUT2D eigenvalue weighted by Crippen LogP contribution is 2.23. The Morgan fingerprint density at radius 1 is 0.780 bits per heavy atom.